The van der Waals surface area contributed by atoms with Crippen molar-refractivity contribution >= 4 is 0 Å². The van der Waals surface area contributed by atoms with Crippen molar-refractivity contribution in [1.29, 1.82) is 0 Å². The SMILES string of the molecule is CCCCCCc1cnc(-c2ccc(CCc3ccc(OC(F)(F)F)cc3)cc2)nc1. The van der Waals surface area contributed by atoms with E-state index in [1.165, 1.54) is 43.4 Å². The molecule has 0 aliphatic rings. The number of benzene rings is 2. The van der Waals surface area contributed by atoms with E-state index in [2.05, 4.69) is 21.6 Å². The number of aromatic nitrogens is 2. The quantitative estimate of drug-likeness (QED) is 0.328. The summed E-state index contributed by atoms with van der Waals surface area (Å²) < 4.78 is 40.6. The standard InChI is InChI=1S/C25H27F3N2O/c1-2-3-4-5-6-21-17-29-24(30-18-21)22-13-9-19(10-14-22)7-8-20-11-15-23(16-12-20)31-25(26,27)28/h9-18H,2-8H2,1H3. The topological polar surface area (TPSA) is 35.0 Å². The Morgan fingerprint density at radius 2 is 1.29 bits per heavy atom. The van der Waals surface area contributed by atoms with Gasteiger partial charge in [-0.25, -0.2) is 9.97 Å². The molecular formula is C25H27F3N2O. The fourth-order valence-corrected chi connectivity index (χ4v) is 3.36. The smallest absolute Gasteiger partial charge is 0.406 e. The second kappa shape index (κ2) is 10.9. The third-order valence-corrected chi connectivity index (χ3v) is 5.10. The van der Waals surface area contributed by atoms with Crippen LogP contribution in [0.25, 0.3) is 11.4 Å². The summed E-state index contributed by atoms with van der Waals surface area (Å²) in [6, 6.07) is 14.1. The lowest BCUT2D eigenvalue weighted by atomic mass is 10.0. The number of unbranched alkanes of at least 4 members (excludes halogenated alkanes) is 3. The van der Waals surface area contributed by atoms with Crippen LogP contribution in [0, 0.1) is 0 Å². The molecular weight excluding hydrogens is 401 g/mol. The number of halogens is 3. The van der Waals surface area contributed by atoms with Crippen molar-refractivity contribution < 1.29 is 17.9 Å². The third-order valence-electron chi connectivity index (χ3n) is 5.10. The fraction of sp³-hybridized carbons (Fsp3) is 0.360. The highest BCUT2D eigenvalue weighted by Gasteiger charge is 2.30. The Balaban J connectivity index is 1.51. The summed E-state index contributed by atoms with van der Waals surface area (Å²) in [5.74, 6) is 0.511. The Bertz CT molecular complexity index is 921. The molecule has 0 bridgehead atoms. The molecule has 0 fully saturated rings. The van der Waals surface area contributed by atoms with Gasteiger partial charge in [0.1, 0.15) is 5.75 Å². The van der Waals surface area contributed by atoms with Crippen LogP contribution >= 0.6 is 0 Å². The molecule has 0 unspecified atom stereocenters. The van der Waals surface area contributed by atoms with Gasteiger partial charge in [-0.05, 0) is 54.5 Å². The molecule has 31 heavy (non-hydrogen) atoms. The first-order valence-electron chi connectivity index (χ1n) is 10.7. The lowest BCUT2D eigenvalue weighted by Gasteiger charge is -2.09. The molecule has 0 atom stereocenters. The third kappa shape index (κ3) is 7.70. The van der Waals surface area contributed by atoms with E-state index < -0.39 is 6.36 Å². The van der Waals surface area contributed by atoms with E-state index in [4.69, 9.17) is 0 Å². The van der Waals surface area contributed by atoms with Gasteiger partial charge in [0.25, 0.3) is 0 Å². The zero-order chi connectivity index (χ0) is 22.1. The number of alkyl halides is 3. The predicted octanol–water partition coefficient (Wildman–Crippen LogP) is 6.95. The van der Waals surface area contributed by atoms with Crippen LogP contribution < -0.4 is 4.74 Å². The van der Waals surface area contributed by atoms with E-state index in [1.807, 2.05) is 36.7 Å². The molecule has 2 aromatic carbocycles. The monoisotopic (exact) mass is 428 g/mol. The van der Waals surface area contributed by atoms with Crippen molar-refractivity contribution in [1.82, 2.24) is 9.97 Å². The molecule has 3 aromatic rings. The maximum Gasteiger partial charge on any atom is 0.573 e. The Morgan fingerprint density at radius 3 is 1.84 bits per heavy atom. The highest BCUT2D eigenvalue weighted by atomic mass is 19.4. The molecule has 0 radical (unpaired) electrons. The largest absolute Gasteiger partial charge is 0.573 e. The number of nitrogens with zero attached hydrogens (tertiary/aromatic N) is 2. The summed E-state index contributed by atoms with van der Waals surface area (Å²) in [5.41, 5.74) is 4.24. The molecule has 0 N–H and O–H groups in total. The molecule has 3 nitrogen and oxygen atoms in total. The van der Waals surface area contributed by atoms with Crippen molar-refractivity contribution in [3.8, 4) is 17.1 Å². The van der Waals surface area contributed by atoms with Gasteiger partial charge in [0, 0.05) is 18.0 Å². The van der Waals surface area contributed by atoms with Crippen LogP contribution in [0.15, 0.2) is 60.9 Å². The molecule has 0 aliphatic carbocycles. The Kier molecular flexibility index (Phi) is 8.04. The van der Waals surface area contributed by atoms with Crippen molar-refractivity contribution in [2.45, 2.75) is 58.2 Å². The molecule has 0 amide bonds. The first-order valence-corrected chi connectivity index (χ1v) is 10.7. The molecule has 0 saturated heterocycles. The summed E-state index contributed by atoms with van der Waals surface area (Å²) >= 11 is 0. The van der Waals surface area contributed by atoms with E-state index in [0.29, 0.717) is 5.82 Å². The van der Waals surface area contributed by atoms with E-state index in [0.717, 1.165) is 36.0 Å². The van der Waals surface area contributed by atoms with Crippen LogP contribution in [-0.4, -0.2) is 16.3 Å². The second-order valence-electron chi connectivity index (χ2n) is 7.61. The second-order valence-corrected chi connectivity index (χ2v) is 7.61. The van der Waals surface area contributed by atoms with Gasteiger partial charge in [0.05, 0.1) is 0 Å². The highest BCUT2D eigenvalue weighted by molar-refractivity contribution is 5.55. The molecule has 6 heteroatoms. The van der Waals surface area contributed by atoms with E-state index >= 15 is 0 Å². The van der Waals surface area contributed by atoms with Gasteiger partial charge in [-0.3, -0.25) is 0 Å². The van der Waals surface area contributed by atoms with Crippen LogP contribution in [0.4, 0.5) is 13.2 Å². The maximum atomic E-state index is 12.2. The number of aryl methyl sites for hydroxylation is 3. The summed E-state index contributed by atoms with van der Waals surface area (Å²) in [4.78, 5) is 9.00. The predicted molar refractivity (Wildman–Crippen MR) is 116 cm³/mol. The molecule has 1 heterocycles. The van der Waals surface area contributed by atoms with E-state index in [1.54, 1.807) is 12.1 Å². The van der Waals surface area contributed by atoms with Crippen molar-refractivity contribution in [3.63, 3.8) is 0 Å². The van der Waals surface area contributed by atoms with Gasteiger partial charge in [-0.15, -0.1) is 13.2 Å². The van der Waals surface area contributed by atoms with Crippen LogP contribution in [-0.2, 0) is 19.3 Å². The van der Waals surface area contributed by atoms with E-state index in [9.17, 15) is 13.2 Å². The molecule has 0 saturated carbocycles. The lowest BCUT2D eigenvalue weighted by molar-refractivity contribution is -0.274. The van der Waals surface area contributed by atoms with Gasteiger partial charge in [0.2, 0.25) is 0 Å². The lowest BCUT2D eigenvalue weighted by Crippen LogP contribution is -2.17. The number of hydrogen-bond donors (Lipinski definition) is 0. The average molecular weight is 428 g/mol. The van der Waals surface area contributed by atoms with Crippen LogP contribution in [0.2, 0.25) is 0 Å². The van der Waals surface area contributed by atoms with Gasteiger partial charge in [-0.2, -0.15) is 0 Å². The van der Waals surface area contributed by atoms with Crippen LogP contribution in [0.5, 0.6) is 5.75 Å². The van der Waals surface area contributed by atoms with Gasteiger partial charge >= 0.3 is 6.36 Å². The van der Waals surface area contributed by atoms with Crippen LogP contribution in [0.3, 0.4) is 0 Å². The number of ether oxygens (including phenoxy) is 1. The van der Waals surface area contributed by atoms with Gasteiger partial charge in [0.15, 0.2) is 5.82 Å². The molecule has 3 rings (SSSR count). The Morgan fingerprint density at radius 1 is 0.710 bits per heavy atom. The first kappa shape index (κ1) is 22.8. The minimum Gasteiger partial charge on any atom is -0.406 e. The zero-order valence-corrected chi connectivity index (χ0v) is 17.7. The fourth-order valence-electron chi connectivity index (χ4n) is 3.36. The molecule has 164 valence electrons. The minimum absolute atomic E-state index is 0.201. The number of rotatable bonds is 10. The minimum atomic E-state index is -4.66. The van der Waals surface area contributed by atoms with Crippen molar-refractivity contribution in [2.24, 2.45) is 0 Å². The summed E-state index contributed by atoms with van der Waals surface area (Å²) in [6.45, 7) is 2.21. The Labute approximate surface area is 181 Å². The Hall–Kier alpha value is -2.89. The number of hydrogen-bond acceptors (Lipinski definition) is 3. The molecule has 1 aromatic heterocycles. The van der Waals surface area contributed by atoms with Gasteiger partial charge < -0.3 is 4.74 Å². The van der Waals surface area contributed by atoms with Gasteiger partial charge in [-0.1, -0.05) is 62.6 Å². The van der Waals surface area contributed by atoms with Crippen molar-refractivity contribution in [2.75, 3.05) is 0 Å². The molecule has 0 spiro atoms. The normalized spacial score (nSPS) is 11.5. The summed E-state index contributed by atoms with van der Waals surface area (Å²) in [7, 11) is 0. The summed E-state index contributed by atoms with van der Waals surface area (Å²) in [5, 5.41) is 0. The van der Waals surface area contributed by atoms with Crippen molar-refractivity contribution in [3.05, 3.63) is 77.6 Å². The van der Waals surface area contributed by atoms with Crippen LogP contribution in [0.1, 0.15) is 49.3 Å². The van der Waals surface area contributed by atoms with E-state index in [-0.39, 0.29) is 5.75 Å². The average Bonchev–Trinajstić information content (AvgIpc) is 2.76. The maximum absolute atomic E-state index is 12.2. The summed E-state index contributed by atoms with van der Waals surface area (Å²) in [6.07, 6.45) is 6.60. The molecule has 0 aliphatic heterocycles. The first-order chi connectivity index (χ1) is 14.9. The zero-order valence-electron chi connectivity index (χ0n) is 17.7. The highest BCUT2D eigenvalue weighted by Crippen LogP contribution is 2.23.